The van der Waals surface area contributed by atoms with Gasteiger partial charge in [-0.15, -0.1) is 24.0 Å². The summed E-state index contributed by atoms with van der Waals surface area (Å²) in [4.78, 5) is 15.8. The average molecular weight is 422 g/mol. The van der Waals surface area contributed by atoms with E-state index < -0.39 is 0 Å². The molecular weight excluding hydrogens is 395 g/mol. The molecule has 7 nitrogen and oxygen atoms in total. The Balaban J connectivity index is 0.00000441. The van der Waals surface area contributed by atoms with Gasteiger partial charge in [0.25, 0.3) is 0 Å². The van der Waals surface area contributed by atoms with Gasteiger partial charge >= 0.3 is 0 Å². The van der Waals surface area contributed by atoms with Crippen molar-refractivity contribution in [1.29, 1.82) is 0 Å². The Hall–Kier alpha value is -1.32. The van der Waals surface area contributed by atoms with E-state index in [0.717, 1.165) is 12.1 Å². The topological polar surface area (TPSA) is 83.3 Å². The SMILES string of the molecule is CCC(C)NC(=O)CCNC(=NC)NCc1ccnn1C.I. The molecule has 1 atom stereocenters. The quantitative estimate of drug-likeness (QED) is 0.348. The molecule has 0 radical (unpaired) electrons. The Kier molecular flexibility index (Phi) is 10.6. The Morgan fingerprint density at radius 1 is 1.45 bits per heavy atom. The smallest absolute Gasteiger partial charge is 0.221 e. The summed E-state index contributed by atoms with van der Waals surface area (Å²) >= 11 is 0. The van der Waals surface area contributed by atoms with Crippen LogP contribution in [0, 0.1) is 0 Å². The van der Waals surface area contributed by atoms with Gasteiger partial charge in [0, 0.05) is 39.3 Å². The lowest BCUT2D eigenvalue weighted by atomic mass is 10.2. The first kappa shape index (κ1) is 20.7. The third-order valence-corrected chi connectivity index (χ3v) is 3.25. The summed E-state index contributed by atoms with van der Waals surface area (Å²) in [7, 11) is 3.60. The number of hydrogen-bond donors (Lipinski definition) is 3. The van der Waals surface area contributed by atoms with Crippen molar-refractivity contribution in [3.05, 3.63) is 18.0 Å². The van der Waals surface area contributed by atoms with Crippen molar-refractivity contribution in [3.8, 4) is 0 Å². The van der Waals surface area contributed by atoms with Crippen LogP contribution in [-0.4, -0.2) is 41.3 Å². The minimum absolute atomic E-state index is 0. The molecule has 0 aliphatic rings. The second-order valence-corrected chi connectivity index (χ2v) is 4.93. The first-order chi connectivity index (χ1) is 10.1. The van der Waals surface area contributed by atoms with Gasteiger partial charge in [-0.3, -0.25) is 14.5 Å². The summed E-state index contributed by atoms with van der Waals surface area (Å²) in [6, 6.07) is 2.17. The van der Waals surface area contributed by atoms with Gasteiger partial charge < -0.3 is 16.0 Å². The number of carbonyl (C=O) groups excluding carboxylic acids is 1. The van der Waals surface area contributed by atoms with Crippen LogP contribution in [0.5, 0.6) is 0 Å². The van der Waals surface area contributed by atoms with E-state index in [1.807, 2.05) is 27.0 Å². The number of carbonyl (C=O) groups is 1. The molecule has 0 aromatic carbocycles. The van der Waals surface area contributed by atoms with Gasteiger partial charge in [0.15, 0.2) is 5.96 Å². The zero-order chi connectivity index (χ0) is 15.7. The molecule has 0 fully saturated rings. The van der Waals surface area contributed by atoms with Gasteiger partial charge in [-0.05, 0) is 19.4 Å². The van der Waals surface area contributed by atoms with Crippen LogP contribution in [0.1, 0.15) is 32.4 Å². The number of aryl methyl sites for hydroxylation is 1. The number of aromatic nitrogens is 2. The Morgan fingerprint density at radius 3 is 2.73 bits per heavy atom. The molecule has 0 saturated heterocycles. The highest BCUT2D eigenvalue weighted by Gasteiger charge is 2.06. The lowest BCUT2D eigenvalue weighted by Gasteiger charge is -2.13. The number of nitrogens with one attached hydrogen (secondary N) is 3. The highest BCUT2D eigenvalue weighted by Crippen LogP contribution is 1.94. The van der Waals surface area contributed by atoms with E-state index in [0.29, 0.717) is 25.5 Å². The van der Waals surface area contributed by atoms with Crippen molar-refractivity contribution in [1.82, 2.24) is 25.7 Å². The van der Waals surface area contributed by atoms with Crippen molar-refractivity contribution >= 4 is 35.8 Å². The van der Waals surface area contributed by atoms with Gasteiger partial charge in [0.2, 0.25) is 5.91 Å². The maximum atomic E-state index is 11.6. The fraction of sp³-hybridized carbons (Fsp3) is 0.643. The Morgan fingerprint density at radius 2 is 2.18 bits per heavy atom. The predicted octanol–water partition coefficient (Wildman–Crippen LogP) is 1.01. The van der Waals surface area contributed by atoms with Gasteiger partial charge in [-0.1, -0.05) is 6.92 Å². The average Bonchev–Trinajstić information content (AvgIpc) is 2.87. The van der Waals surface area contributed by atoms with Crippen molar-refractivity contribution < 1.29 is 4.79 Å². The van der Waals surface area contributed by atoms with E-state index in [4.69, 9.17) is 0 Å². The van der Waals surface area contributed by atoms with Gasteiger partial charge in [0.05, 0.1) is 12.2 Å². The highest BCUT2D eigenvalue weighted by atomic mass is 127. The second-order valence-electron chi connectivity index (χ2n) is 4.93. The van der Waals surface area contributed by atoms with E-state index in [2.05, 4.69) is 26.0 Å². The molecule has 1 heterocycles. The number of guanidine groups is 1. The van der Waals surface area contributed by atoms with Gasteiger partial charge in [-0.25, -0.2) is 0 Å². The van der Waals surface area contributed by atoms with Crippen LogP contribution in [-0.2, 0) is 18.4 Å². The van der Waals surface area contributed by atoms with Crippen LogP contribution in [0.15, 0.2) is 17.3 Å². The molecule has 1 amide bonds. The van der Waals surface area contributed by atoms with E-state index in [-0.39, 0.29) is 35.9 Å². The van der Waals surface area contributed by atoms with Crippen molar-refractivity contribution in [3.63, 3.8) is 0 Å². The third kappa shape index (κ3) is 7.62. The van der Waals surface area contributed by atoms with Crippen LogP contribution in [0.4, 0.5) is 0 Å². The number of halogens is 1. The lowest BCUT2D eigenvalue weighted by Crippen LogP contribution is -2.40. The molecule has 0 saturated carbocycles. The first-order valence-corrected chi connectivity index (χ1v) is 7.27. The Bertz CT molecular complexity index is 474. The van der Waals surface area contributed by atoms with Crippen molar-refractivity contribution in [2.75, 3.05) is 13.6 Å². The zero-order valence-corrected chi connectivity index (χ0v) is 16.0. The molecule has 0 aliphatic carbocycles. The normalized spacial score (nSPS) is 12.3. The molecule has 0 spiro atoms. The first-order valence-electron chi connectivity index (χ1n) is 7.27. The van der Waals surface area contributed by atoms with E-state index >= 15 is 0 Å². The largest absolute Gasteiger partial charge is 0.356 e. The number of hydrogen-bond acceptors (Lipinski definition) is 3. The van der Waals surface area contributed by atoms with Gasteiger partial charge in [-0.2, -0.15) is 5.10 Å². The fourth-order valence-corrected chi connectivity index (χ4v) is 1.71. The molecule has 126 valence electrons. The molecule has 3 N–H and O–H groups in total. The molecule has 0 bridgehead atoms. The molecule has 22 heavy (non-hydrogen) atoms. The van der Waals surface area contributed by atoms with E-state index in [1.54, 1.807) is 17.9 Å². The summed E-state index contributed by atoms with van der Waals surface area (Å²) in [6.07, 6.45) is 3.12. The summed E-state index contributed by atoms with van der Waals surface area (Å²) < 4.78 is 1.81. The molecule has 1 aromatic rings. The molecular formula is C14H27IN6O. The van der Waals surface area contributed by atoms with Crippen LogP contribution in [0.3, 0.4) is 0 Å². The summed E-state index contributed by atoms with van der Waals surface area (Å²) in [6.45, 7) is 5.23. The molecule has 1 aromatic heterocycles. The lowest BCUT2D eigenvalue weighted by molar-refractivity contribution is -0.121. The minimum Gasteiger partial charge on any atom is -0.356 e. The fourth-order valence-electron chi connectivity index (χ4n) is 1.71. The number of aliphatic imine (C=N–C) groups is 1. The van der Waals surface area contributed by atoms with Crippen LogP contribution >= 0.6 is 24.0 Å². The van der Waals surface area contributed by atoms with E-state index in [9.17, 15) is 4.79 Å². The van der Waals surface area contributed by atoms with Crippen LogP contribution in [0.25, 0.3) is 0 Å². The van der Waals surface area contributed by atoms with Crippen LogP contribution < -0.4 is 16.0 Å². The third-order valence-electron chi connectivity index (χ3n) is 3.25. The Labute approximate surface area is 149 Å². The molecule has 1 unspecified atom stereocenters. The highest BCUT2D eigenvalue weighted by molar-refractivity contribution is 14.0. The molecule has 8 heteroatoms. The standard InChI is InChI=1S/C14H26N6O.HI/c1-5-11(2)19-13(21)7-8-16-14(15-3)17-10-12-6-9-18-20(12)4;/h6,9,11H,5,7-8,10H2,1-4H3,(H,19,21)(H2,15,16,17);1H. The number of nitrogens with zero attached hydrogens (tertiary/aromatic N) is 3. The summed E-state index contributed by atoms with van der Waals surface area (Å²) in [5, 5.41) is 13.3. The molecule has 1 rings (SSSR count). The number of rotatable bonds is 7. The van der Waals surface area contributed by atoms with Crippen molar-refractivity contribution in [2.24, 2.45) is 12.0 Å². The molecule has 0 aliphatic heterocycles. The monoisotopic (exact) mass is 422 g/mol. The zero-order valence-electron chi connectivity index (χ0n) is 13.7. The van der Waals surface area contributed by atoms with Gasteiger partial charge in [0.1, 0.15) is 0 Å². The summed E-state index contributed by atoms with van der Waals surface area (Å²) in [5.74, 6) is 0.728. The summed E-state index contributed by atoms with van der Waals surface area (Å²) in [5.41, 5.74) is 1.06. The maximum Gasteiger partial charge on any atom is 0.221 e. The van der Waals surface area contributed by atoms with E-state index in [1.165, 1.54) is 0 Å². The number of amides is 1. The van der Waals surface area contributed by atoms with Crippen LogP contribution in [0.2, 0.25) is 0 Å². The predicted molar refractivity (Wildman–Crippen MR) is 99.3 cm³/mol. The van der Waals surface area contributed by atoms with Crippen molar-refractivity contribution in [2.45, 2.75) is 39.3 Å². The maximum absolute atomic E-state index is 11.6. The minimum atomic E-state index is 0. The second kappa shape index (κ2) is 11.3.